The molecule has 152 valence electrons. The zero-order valence-electron chi connectivity index (χ0n) is 16.8. The van der Waals surface area contributed by atoms with Gasteiger partial charge in [0.1, 0.15) is 18.9 Å². The van der Waals surface area contributed by atoms with Crippen LogP contribution in [0, 0.1) is 6.92 Å². The number of pyridine rings is 1. The SMILES string of the molecule is Cc1ccc(-c2nn(-c3cccc(Cl)c3)c3c2cnc2cc4c(cc23)OCCO4)cc1. The Morgan fingerprint density at radius 1 is 0.903 bits per heavy atom. The lowest BCUT2D eigenvalue weighted by Gasteiger charge is -2.19. The van der Waals surface area contributed by atoms with Crippen molar-refractivity contribution in [3.8, 4) is 28.4 Å². The van der Waals surface area contributed by atoms with E-state index in [1.165, 1.54) is 5.56 Å². The number of aromatic nitrogens is 3. The lowest BCUT2D eigenvalue weighted by Crippen LogP contribution is -2.15. The van der Waals surface area contributed by atoms with Crippen molar-refractivity contribution in [3.05, 3.63) is 77.4 Å². The summed E-state index contributed by atoms with van der Waals surface area (Å²) in [7, 11) is 0. The molecule has 3 heterocycles. The van der Waals surface area contributed by atoms with Crippen LogP contribution in [-0.2, 0) is 0 Å². The number of ether oxygens (including phenoxy) is 2. The monoisotopic (exact) mass is 427 g/mol. The van der Waals surface area contributed by atoms with Gasteiger partial charge in [-0.1, -0.05) is 47.5 Å². The number of fused-ring (bicyclic) bond motifs is 4. The maximum Gasteiger partial charge on any atom is 0.163 e. The minimum atomic E-state index is 0.532. The average molecular weight is 428 g/mol. The number of hydrogen-bond acceptors (Lipinski definition) is 4. The van der Waals surface area contributed by atoms with E-state index in [2.05, 4.69) is 31.2 Å². The van der Waals surface area contributed by atoms with Crippen LogP contribution in [0.1, 0.15) is 5.56 Å². The highest BCUT2D eigenvalue weighted by atomic mass is 35.5. The van der Waals surface area contributed by atoms with Gasteiger partial charge in [0.05, 0.1) is 16.7 Å². The second kappa shape index (κ2) is 7.00. The first-order valence-corrected chi connectivity index (χ1v) is 10.5. The van der Waals surface area contributed by atoms with E-state index >= 15 is 0 Å². The second-order valence-corrected chi connectivity index (χ2v) is 8.08. The highest BCUT2D eigenvalue weighted by Gasteiger charge is 2.20. The molecule has 6 heteroatoms. The first-order chi connectivity index (χ1) is 15.2. The molecule has 0 radical (unpaired) electrons. The number of nitrogens with zero attached hydrogens (tertiary/aromatic N) is 3. The van der Waals surface area contributed by atoms with E-state index in [0.29, 0.717) is 18.2 Å². The molecule has 0 amide bonds. The molecule has 5 nitrogen and oxygen atoms in total. The minimum absolute atomic E-state index is 0.532. The Morgan fingerprint density at radius 2 is 1.68 bits per heavy atom. The summed E-state index contributed by atoms with van der Waals surface area (Å²) in [6.45, 7) is 3.15. The lowest BCUT2D eigenvalue weighted by molar-refractivity contribution is 0.172. The second-order valence-electron chi connectivity index (χ2n) is 7.64. The quantitative estimate of drug-likeness (QED) is 0.348. The van der Waals surface area contributed by atoms with Crippen molar-refractivity contribution >= 4 is 33.4 Å². The summed E-state index contributed by atoms with van der Waals surface area (Å²) in [6.07, 6.45) is 1.89. The molecule has 0 saturated carbocycles. The molecule has 5 aromatic rings. The summed E-state index contributed by atoms with van der Waals surface area (Å²) in [5.41, 5.74) is 5.79. The highest BCUT2D eigenvalue weighted by molar-refractivity contribution is 6.30. The molecule has 0 spiro atoms. The van der Waals surface area contributed by atoms with Crippen LogP contribution in [0.5, 0.6) is 11.5 Å². The molecular formula is C25H18ClN3O2. The van der Waals surface area contributed by atoms with E-state index in [-0.39, 0.29) is 0 Å². The molecule has 2 aromatic heterocycles. The maximum absolute atomic E-state index is 6.31. The van der Waals surface area contributed by atoms with Crippen molar-refractivity contribution in [1.29, 1.82) is 0 Å². The third-order valence-corrected chi connectivity index (χ3v) is 5.78. The van der Waals surface area contributed by atoms with Gasteiger partial charge in [0.2, 0.25) is 0 Å². The fourth-order valence-corrected chi connectivity index (χ4v) is 4.22. The van der Waals surface area contributed by atoms with Crippen LogP contribution in [0.25, 0.3) is 38.8 Å². The predicted octanol–water partition coefficient (Wildman–Crippen LogP) is 5.97. The van der Waals surface area contributed by atoms with Crippen molar-refractivity contribution in [3.63, 3.8) is 0 Å². The summed E-state index contributed by atoms with van der Waals surface area (Å²) >= 11 is 6.31. The molecular weight excluding hydrogens is 410 g/mol. The van der Waals surface area contributed by atoms with Gasteiger partial charge in [-0.25, -0.2) is 4.68 Å². The van der Waals surface area contributed by atoms with Gasteiger partial charge in [0.25, 0.3) is 0 Å². The third kappa shape index (κ3) is 3.01. The van der Waals surface area contributed by atoms with Gasteiger partial charge in [-0.05, 0) is 31.2 Å². The number of rotatable bonds is 2. The van der Waals surface area contributed by atoms with Gasteiger partial charge < -0.3 is 9.47 Å². The molecule has 6 rings (SSSR count). The van der Waals surface area contributed by atoms with Crippen molar-refractivity contribution < 1.29 is 9.47 Å². The van der Waals surface area contributed by atoms with E-state index < -0.39 is 0 Å². The summed E-state index contributed by atoms with van der Waals surface area (Å²) in [5.74, 6) is 1.45. The molecule has 0 fully saturated rings. The van der Waals surface area contributed by atoms with Gasteiger partial charge in [-0.3, -0.25) is 4.98 Å². The van der Waals surface area contributed by atoms with Crippen LogP contribution in [0.15, 0.2) is 66.9 Å². The Kier molecular flexibility index (Phi) is 4.11. The standard InChI is InChI=1S/C25H18ClN3O2/c1-15-5-7-16(8-6-15)24-20-14-27-21-13-23-22(30-9-10-31-23)12-19(21)25(20)29(28-24)18-4-2-3-17(26)11-18/h2-8,11-14H,9-10H2,1H3. The number of halogens is 1. The lowest BCUT2D eigenvalue weighted by atomic mass is 10.1. The molecule has 0 atom stereocenters. The molecule has 0 bridgehead atoms. The number of benzene rings is 3. The Hall–Kier alpha value is -3.57. The topological polar surface area (TPSA) is 49.2 Å². The summed E-state index contributed by atoms with van der Waals surface area (Å²) in [6, 6.07) is 20.0. The molecule has 0 N–H and O–H groups in total. The zero-order chi connectivity index (χ0) is 20.9. The van der Waals surface area contributed by atoms with Crippen molar-refractivity contribution in [2.45, 2.75) is 6.92 Å². The van der Waals surface area contributed by atoms with Crippen molar-refractivity contribution in [1.82, 2.24) is 14.8 Å². The minimum Gasteiger partial charge on any atom is -0.486 e. The van der Waals surface area contributed by atoms with E-state index in [9.17, 15) is 0 Å². The van der Waals surface area contributed by atoms with Gasteiger partial charge in [0, 0.05) is 33.6 Å². The largest absolute Gasteiger partial charge is 0.486 e. The van der Waals surface area contributed by atoms with Crippen LogP contribution in [0.2, 0.25) is 5.02 Å². The average Bonchev–Trinajstić information content (AvgIpc) is 3.18. The number of aryl methyl sites for hydroxylation is 1. The molecule has 0 unspecified atom stereocenters. The highest BCUT2D eigenvalue weighted by Crippen LogP contribution is 2.39. The van der Waals surface area contributed by atoms with E-state index in [4.69, 9.17) is 31.2 Å². The molecule has 3 aromatic carbocycles. The van der Waals surface area contributed by atoms with Crippen LogP contribution in [-0.4, -0.2) is 28.0 Å². The van der Waals surface area contributed by atoms with Crippen LogP contribution >= 0.6 is 11.6 Å². The van der Waals surface area contributed by atoms with Crippen LogP contribution < -0.4 is 9.47 Å². The van der Waals surface area contributed by atoms with Crippen LogP contribution in [0.4, 0.5) is 0 Å². The molecule has 0 saturated heterocycles. The smallest absolute Gasteiger partial charge is 0.163 e. The van der Waals surface area contributed by atoms with Gasteiger partial charge >= 0.3 is 0 Å². The summed E-state index contributed by atoms with van der Waals surface area (Å²) in [5, 5.41) is 7.58. The van der Waals surface area contributed by atoms with Crippen LogP contribution in [0.3, 0.4) is 0 Å². The zero-order valence-corrected chi connectivity index (χ0v) is 17.6. The van der Waals surface area contributed by atoms with Gasteiger partial charge in [0.15, 0.2) is 11.5 Å². The predicted molar refractivity (Wildman–Crippen MR) is 123 cm³/mol. The Bertz CT molecular complexity index is 1460. The maximum atomic E-state index is 6.31. The first-order valence-electron chi connectivity index (χ1n) is 10.1. The molecule has 1 aliphatic rings. The molecule has 0 aliphatic carbocycles. The summed E-state index contributed by atoms with van der Waals surface area (Å²) in [4.78, 5) is 4.73. The normalized spacial score (nSPS) is 13.1. The van der Waals surface area contributed by atoms with Gasteiger partial charge in [-0.15, -0.1) is 0 Å². The first kappa shape index (κ1) is 18.2. The van der Waals surface area contributed by atoms with E-state index in [0.717, 1.165) is 50.2 Å². The van der Waals surface area contributed by atoms with E-state index in [1.807, 2.05) is 47.3 Å². The molecule has 31 heavy (non-hydrogen) atoms. The van der Waals surface area contributed by atoms with Gasteiger partial charge in [-0.2, -0.15) is 5.10 Å². The fourth-order valence-electron chi connectivity index (χ4n) is 4.04. The van der Waals surface area contributed by atoms with Crippen molar-refractivity contribution in [2.75, 3.05) is 13.2 Å². The Balaban J connectivity index is 1.71. The Morgan fingerprint density at radius 3 is 2.45 bits per heavy atom. The summed E-state index contributed by atoms with van der Waals surface area (Å²) < 4.78 is 13.5. The van der Waals surface area contributed by atoms with E-state index in [1.54, 1.807) is 0 Å². The fraction of sp³-hybridized carbons (Fsp3) is 0.120. The number of hydrogen-bond donors (Lipinski definition) is 0. The van der Waals surface area contributed by atoms with Crippen molar-refractivity contribution in [2.24, 2.45) is 0 Å². The Labute approximate surface area is 183 Å². The molecule has 1 aliphatic heterocycles. The third-order valence-electron chi connectivity index (χ3n) is 5.55.